The number of ether oxygens (including phenoxy) is 3. The molecule has 0 saturated carbocycles. The SMILES string of the molecule is CCOC(=O)c1nc(N2CCc3cccc(C(=O)/N=c4\sc5ccccc5n4COCC[Si](C)(C)C)c3C2)sc1CCOc1cccc(-n2ncc3cncnc32)c1. The summed E-state index contributed by atoms with van der Waals surface area (Å²) < 4.78 is 22.5. The zero-order chi connectivity index (χ0) is 40.2. The lowest BCUT2D eigenvalue weighted by Crippen LogP contribution is -2.31. The summed E-state index contributed by atoms with van der Waals surface area (Å²) in [4.78, 5) is 48.8. The molecule has 7 aromatic rings. The molecular formula is C42H44N8O5S2Si. The maximum atomic E-state index is 14.1. The van der Waals surface area contributed by atoms with Crippen LogP contribution in [0.1, 0.15) is 43.8 Å². The molecule has 16 heteroatoms. The van der Waals surface area contributed by atoms with Gasteiger partial charge in [0.1, 0.15) is 18.8 Å². The molecule has 0 fully saturated rings. The fourth-order valence-corrected chi connectivity index (χ4v) is 9.62. The number of esters is 1. The van der Waals surface area contributed by atoms with Crippen molar-refractivity contribution in [2.75, 3.05) is 31.3 Å². The molecule has 0 N–H and O–H groups in total. The van der Waals surface area contributed by atoms with E-state index in [1.54, 1.807) is 24.0 Å². The second-order valence-electron chi connectivity index (χ2n) is 15.1. The van der Waals surface area contributed by atoms with Gasteiger partial charge in [-0.05, 0) is 60.8 Å². The first-order valence-electron chi connectivity index (χ1n) is 19.3. The number of hydrogen-bond donors (Lipinski definition) is 0. The van der Waals surface area contributed by atoms with Crippen molar-refractivity contribution in [3.63, 3.8) is 0 Å². The predicted octanol–water partition coefficient (Wildman–Crippen LogP) is 7.70. The minimum atomic E-state index is -1.26. The number of nitrogens with zero attached hydrogens (tertiary/aromatic N) is 8. The molecule has 8 rings (SSSR count). The maximum absolute atomic E-state index is 14.1. The molecular weight excluding hydrogens is 789 g/mol. The molecule has 0 bridgehead atoms. The summed E-state index contributed by atoms with van der Waals surface area (Å²) in [7, 11) is -1.26. The fourth-order valence-electron chi connectivity index (χ4n) is 6.79. The molecule has 5 heterocycles. The van der Waals surface area contributed by atoms with Crippen LogP contribution in [0.25, 0.3) is 26.9 Å². The summed E-state index contributed by atoms with van der Waals surface area (Å²) in [6.07, 6.45) is 6.11. The Morgan fingerprint density at radius 1 is 0.983 bits per heavy atom. The van der Waals surface area contributed by atoms with E-state index < -0.39 is 14.0 Å². The van der Waals surface area contributed by atoms with Gasteiger partial charge in [-0.2, -0.15) is 10.1 Å². The monoisotopic (exact) mass is 832 g/mol. The second-order valence-corrected chi connectivity index (χ2v) is 22.8. The molecule has 13 nitrogen and oxygen atoms in total. The molecule has 3 aromatic carbocycles. The van der Waals surface area contributed by atoms with Crippen LogP contribution in [0, 0.1) is 0 Å². The van der Waals surface area contributed by atoms with E-state index in [0.717, 1.165) is 43.3 Å². The van der Waals surface area contributed by atoms with Gasteiger partial charge in [0.15, 0.2) is 21.3 Å². The number of thiazole rings is 2. The lowest BCUT2D eigenvalue weighted by atomic mass is 9.95. The third-order valence-electron chi connectivity index (χ3n) is 9.82. The highest BCUT2D eigenvalue weighted by molar-refractivity contribution is 7.16. The number of fused-ring (bicyclic) bond motifs is 3. The molecule has 298 valence electrons. The van der Waals surface area contributed by atoms with Gasteiger partial charge in [0.25, 0.3) is 5.91 Å². The molecule has 0 radical (unpaired) electrons. The van der Waals surface area contributed by atoms with E-state index in [1.165, 1.54) is 29.0 Å². The van der Waals surface area contributed by atoms with Crippen LogP contribution in [-0.4, -0.2) is 75.6 Å². The summed E-state index contributed by atoms with van der Waals surface area (Å²) in [5.41, 5.74) is 5.35. The van der Waals surface area contributed by atoms with Gasteiger partial charge in [-0.15, -0.1) is 11.3 Å². The van der Waals surface area contributed by atoms with Crippen LogP contribution in [0.15, 0.2) is 90.4 Å². The topological polar surface area (TPSA) is 139 Å². The summed E-state index contributed by atoms with van der Waals surface area (Å²) in [5, 5.41) is 6.00. The minimum absolute atomic E-state index is 0.234. The quantitative estimate of drug-likeness (QED) is 0.0609. The van der Waals surface area contributed by atoms with Gasteiger partial charge in [-0.1, -0.05) is 61.3 Å². The first-order chi connectivity index (χ1) is 28.1. The van der Waals surface area contributed by atoms with Gasteiger partial charge < -0.3 is 19.1 Å². The number of carbonyl (C=O) groups is 2. The zero-order valence-electron chi connectivity index (χ0n) is 32.9. The van der Waals surface area contributed by atoms with Gasteiger partial charge in [0.2, 0.25) is 0 Å². The van der Waals surface area contributed by atoms with Crippen LogP contribution in [0.5, 0.6) is 5.75 Å². The lowest BCUT2D eigenvalue weighted by molar-refractivity contribution is 0.0519. The Morgan fingerprint density at radius 2 is 1.84 bits per heavy atom. The minimum Gasteiger partial charge on any atom is -0.493 e. The lowest BCUT2D eigenvalue weighted by Gasteiger charge is -2.29. The van der Waals surface area contributed by atoms with Crippen LogP contribution in [-0.2, 0) is 35.6 Å². The van der Waals surface area contributed by atoms with Crippen LogP contribution < -0.4 is 14.4 Å². The number of carbonyl (C=O) groups excluding carboxylic acids is 2. The number of aromatic nitrogens is 6. The standard InChI is InChI=1S/C42H44N8O5S2Si/c1-5-54-40(52)37-36(17-19-55-31-12-9-11-30(22-31)50-38-29(24-45-50)23-43-26-44-38)57-41(46-37)48-18-16-28-10-8-13-32(33(28)25-48)39(51)47-42-49(27-53-20-21-58(2,3)4)34-14-6-7-15-35(34)56-42/h6-15,22-24,26H,5,16-21,25,27H2,1-4H3/b47-42-. The molecule has 0 atom stereocenters. The van der Waals surface area contributed by atoms with Crippen LogP contribution in [0.2, 0.25) is 25.7 Å². The van der Waals surface area contributed by atoms with E-state index in [4.69, 9.17) is 24.2 Å². The summed E-state index contributed by atoms with van der Waals surface area (Å²) in [6, 6.07) is 22.6. The van der Waals surface area contributed by atoms with Crippen molar-refractivity contribution in [2.24, 2.45) is 4.99 Å². The van der Waals surface area contributed by atoms with Crippen molar-refractivity contribution in [1.29, 1.82) is 0 Å². The van der Waals surface area contributed by atoms with Gasteiger partial charge in [0.05, 0.1) is 40.7 Å². The average Bonchev–Trinajstić information content (AvgIpc) is 3.94. The summed E-state index contributed by atoms with van der Waals surface area (Å²) >= 11 is 2.93. The summed E-state index contributed by atoms with van der Waals surface area (Å²) in [6.45, 7) is 11.4. The van der Waals surface area contributed by atoms with Gasteiger partial charge in [-0.25, -0.2) is 24.4 Å². The number of benzene rings is 3. The average molecular weight is 833 g/mol. The predicted molar refractivity (Wildman–Crippen MR) is 229 cm³/mol. The number of amides is 1. The van der Waals surface area contributed by atoms with Crippen molar-refractivity contribution in [1.82, 2.24) is 29.3 Å². The van der Waals surface area contributed by atoms with E-state index >= 15 is 0 Å². The Balaban J connectivity index is 1.01. The van der Waals surface area contributed by atoms with Crippen molar-refractivity contribution in [2.45, 2.75) is 58.7 Å². The van der Waals surface area contributed by atoms with Crippen molar-refractivity contribution < 1.29 is 23.8 Å². The smallest absolute Gasteiger partial charge is 0.358 e. The number of hydrogen-bond acceptors (Lipinski definition) is 12. The van der Waals surface area contributed by atoms with E-state index in [-0.39, 0.29) is 18.2 Å². The molecule has 0 unspecified atom stereocenters. The Labute approximate surface area is 344 Å². The number of rotatable bonds is 14. The van der Waals surface area contributed by atoms with E-state index in [0.29, 0.717) is 72.8 Å². The summed E-state index contributed by atoms with van der Waals surface area (Å²) in [5.74, 6) is -0.116. The van der Waals surface area contributed by atoms with Gasteiger partial charge in [0, 0.05) is 56.9 Å². The fraction of sp³-hybridized carbons (Fsp3) is 0.310. The second kappa shape index (κ2) is 17.1. The highest BCUT2D eigenvalue weighted by atomic mass is 32.1. The molecule has 0 saturated heterocycles. The molecule has 0 spiro atoms. The molecule has 0 aliphatic carbocycles. The van der Waals surface area contributed by atoms with E-state index in [9.17, 15) is 9.59 Å². The van der Waals surface area contributed by atoms with E-state index in [1.807, 2.05) is 65.2 Å². The Kier molecular flexibility index (Phi) is 11.6. The van der Waals surface area contributed by atoms with Crippen LogP contribution >= 0.6 is 22.7 Å². The third kappa shape index (κ3) is 8.64. The van der Waals surface area contributed by atoms with Crippen molar-refractivity contribution in [3.8, 4) is 11.4 Å². The molecule has 1 aliphatic rings. The molecule has 1 aliphatic heterocycles. The first-order valence-corrected chi connectivity index (χ1v) is 24.6. The van der Waals surface area contributed by atoms with E-state index in [2.05, 4.69) is 45.7 Å². The Bertz CT molecular complexity index is 2680. The zero-order valence-corrected chi connectivity index (χ0v) is 35.5. The highest BCUT2D eigenvalue weighted by Crippen LogP contribution is 2.33. The Morgan fingerprint density at radius 3 is 2.71 bits per heavy atom. The largest absolute Gasteiger partial charge is 0.493 e. The molecule has 4 aromatic heterocycles. The molecule has 1 amide bonds. The first kappa shape index (κ1) is 39.3. The van der Waals surface area contributed by atoms with Crippen LogP contribution in [0.4, 0.5) is 5.13 Å². The van der Waals surface area contributed by atoms with Gasteiger partial charge in [-0.3, -0.25) is 9.36 Å². The van der Waals surface area contributed by atoms with Crippen molar-refractivity contribution >= 4 is 69.0 Å². The Hall–Kier alpha value is -5.55. The van der Waals surface area contributed by atoms with Crippen LogP contribution in [0.3, 0.4) is 0 Å². The maximum Gasteiger partial charge on any atom is 0.358 e. The molecule has 58 heavy (non-hydrogen) atoms. The normalized spacial score (nSPS) is 13.3. The van der Waals surface area contributed by atoms with Gasteiger partial charge >= 0.3 is 5.97 Å². The third-order valence-corrected chi connectivity index (χ3v) is 13.8. The number of para-hydroxylation sites is 1. The van der Waals surface area contributed by atoms with Crippen molar-refractivity contribution in [3.05, 3.63) is 118 Å². The highest BCUT2D eigenvalue weighted by Gasteiger charge is 2.27. The number of anilines is 1.